The highest BCUT2D eigenvalue weighted by Crippen LogP contribution is 2.33. The molecule has 0 saturated heterocycles. The average Bonchev–Trinajstić information content (AvgIpc) is 2.53. The molecule has 0 aromatic heterocycles. The smallest absolute Gasteiger partial charge is 0.296 e. The number of Topliss-reactive ketones (excluding diaryl/α,β-unsaturated/α-hetero) is 1. The number of carbonyl (C=O) groups excluding carboxylic acids is 2. The van der Waals surface area contributed by atoms with Crippen LogP contribution in [-0.4, -0.2) is 24.4 Å². The molecule has 1 aromatic rings. The van der Waals surface area contributed by atoms with Crippen molar-refractivity contribution in [3.05, 3.63) is 28.8 Å². The Morgan fingerprint density at radius 3 is 2.59 bits per heavy atom. The summed E-state index contributed by atoms with van der Waals surface area (Å²) in [5.41, 5.74) is -0.0168. The lowest BCUT2D eigenvalue weighted by molar-refractivity contribution is -0.170. The van der Waals surface area contributed by atoms with E-state index >= 15 is 0 Å². The van der Waals surface area contributed by atoms with E-state index in [1.54, 1.807) is 0 Å². The van der Waals surface area contributed by atoms with Crippen molar-refractivity contribution in [2.75, 3.05) is 11.4 Å². The van der Waals surface area contributed by atoms with Crippen LogP contribution in [0.3, 0.4) is 0 Å². The van der Waals surface area contributed by atoms with Crippen LogP contribution in [0.1, 0.15) is 10.4 Å². The standard InChI is InChI=1S/C10H5ClF3NO2/c11-5-1-2-6-7(3-5)15(4-8(6)16)9(17)10(12,13)14/h1-3H,4H2. The van der Waals surface area contributed by atoms with Gasteiger partial charge in [0.2, 0.25) is 0 Å². The van der Waals surface area contributed by atoms with Crippen LogP contribution in [0.2, 0.25) is 5.02 Å². The van der Waals surface area contributed by atoms with E-state index in [9.17, 15) is 22.8 Å². The van der Waals surface area contributed by atoms with E-state index in [-0.39, 0.29) is 16.3 Å². The van der Waals surface area contributed by atoms with Crippen LogP contribution >= 0.6 is 11.6 Å². The van der Waals surface area contributed by atoms with Crippen molar-refractivity contribution >= 4 is 29.0 Å². The quantitative estimate of drug-likeness (QED) is 0.721. The zero-order chi connectivity index (χ0) is 12.8. The lowest BCUT2D eigenvalue weighted by Crippen LogP contribution is -2.40. The van der Waals surface area contributed by atoms with E-state index in [1.807, 2.05) is 0 Å². The van der Waals surface area contributed by atoms with Gasteiger partial charge in [0.15, 0.2) is 5.78 Å². The Labute approximate surface area is 98.8 Å². The van der Waals surface area contributed by atoms with Crippen molar-refractivity contribution in [2.24, 2.45) is 0 Å². The SMILES string of the molecule is O=C1CN(C(=O)C(F)(F)F)c2cc(Cl)ccc21. The number of halogens is 4. The minimum Gasteiger partial charge on any atom is -0.296 e. The normalized spacial score (nSPS) is 15.1. The number of hydrogen-bond donors (Lipinski definition) is 0. The molecule has 7 heteroatoms. The van der Waals surface area contributed by atoms with Crippen LogP contribution in [-0.2, 0) is 4.79 Å². The highest BCUT2D eigenvalue weighted by molar-refractivity contribution is 6.31. The van der Waals surface area contributed by atoms with Crippen molar-refractivity contribution in [2.45, 2.75) is 6.18 Å². The van der Waals surface area contributed by atoms with Crippen LogP contribution in [0, 0.1) is 0 Å². The molecule has 1 aromatic carbocycles. The Bertz CT molecular complexity index is 513. The first kappa shape index (κ1) is 11.9. The van der Waals surface area contributed by atoms with Gasteiger partial charge in [-0.2, -0.15) is 13.2 Å². The van der Waals surface area contributed by atoms with E-state index in [0.29, 0.717) is 4.90 Å². The summed E-state index contributed by atoms with van der Waals surface area (Å²) in [6, 6.07) is 3.87. The Balaban J connectivity index is 2.47. The summed E-state index contributed by atoms with van der Waals surface area (Å²) in [7, 11) is 0. The summed E-state index contributed by atoms with van der Waals surface area (Å²) in [6.45, 7) is -0.603. The van der Waals surface area contributed by atoms with E-state index in [0.717, 1.165) is 0 Å². The predicted octanol–water partition coefficient (Wildman–Crippen LogP) is 2.43. The largest absolute Gasteiger partial charge is 0.471 e. The summed E-state index contributed by atoms with van der Waals surface area (Å²) in [5, 5.41) is 0.165. The van der Waals surface area contributed by atoms with Gasteiger partial charge in [0.05, 0.1) is 12.2 Å². The number of ketones is 1. The minimum absolute atomic E-state index is 0.0759. The number of fused-ring (bicyclic) bond motifs is 1. The maximum absolute atomic E-state index is 12.3. The number of alkyl halides is 3. The first-order valence-electron chi connectivity index (χ1n) is 4.52. The van der Waals surface area contributed by atoms with Gasteiger partial charge in [-0.3, -0.25) is 14.5 Å². The van der Waals surface area contributed by atoms with E-state index in [2.05, 4.69) is 0 Å². The van der Waals surface area contributed by atoms with Crippen molar-refractivity contribution in [1.29, 1.82) is 0 Å². The molecule has 0 unspecified atom stereocenters. The number of carbonyl (C=O) groups is 2. The lowest BCUT2D eigenvalue weighted by Gasteiger charge is -2.17. The van der Waals surface area contributed by atoms with Gasteiger partial charge in [0, 0.05) is 10.6 Å². The molecule has 0 spiro atoms. The van der Waals surface area contributed by atoms with E-state index in [1.165, 1.54) is 18.2 Å². The Kier molecular flexibility index (Phi) is 2.61. The van der Waals surface area contributed by atoms with Crippen molar-refractivity contribution in [3.8, 4) is 0 Å². The van der Waals surface area contributed by atoms with Gasteiger partial charge in [-0.15, -0.1) is 0 Å². The van der Waals surface area contributed by atoms with E-state index < -0.39 is 24.4 Å². The molecule has 0 radical (unpaired) electrons. The summed E-state index contributed by atoms with van der Waals surface area (Å²) < 4.78 is 36.9. The summed E-state index contributed by atoms with van der Waals surface area (Å²) >= 11 is 5.62. The van der Waals surface area contributed by atoms with Gasteiger partial charge < -0.3 is 0 Å². The molecule has 17 heavy (non-hydrogen) atoms. The maximum Gasteiger partial charge on any atom is 0.471 e. The fraction of sp³-hybridized carbons (Fsp3) is 0.200. The number of benzene rings is 1. The molecule has 1 aliphatic heterocycles. The molecule has 0 atom stereocenters. The highest BCUT2D eigenvalue weighted by Gasteiger charge is 2.46. The first-order valence-corrected chi connectivity index (χ1v) is 4.90. The summed E-state index contributed by atoms with van der Waals surface area (Å²) in [5.74, 6) is -2.60. The topological polar surface area (TPSA) is 37.4 Å². The van der Waals surface area contributed by atoms with Crippen LogP contribution < -0.4 is 4.90 Å². The monoisotopic (exact) mass is 263 g/mol. The summed E-state index contributed by atoms with van der Waals surface area (Å²) in [4.78, 5) is 22.9. The number of anilines is 1. The van der Waals surface area contributed by atoms with E-state index in [4.69, 9.17) is 11.6 Å². The molecule has 0 fully saturated rings. The van der Waals surface area contributed by atoms with Gasteiger partial charge in [-0.05, 0) is 18.2 Å². The molecule has 1 heterocycles. The van der Waals surface area contributed by atoms with Crippen molar-refractivity contribution in [1.82, 2.24) is 0 Å². The molecule has 2 rings (SSSR count). The van der Waals surface area contributed by atoms with Gasteiger partial charge in [0.1, 0.15) is 0 Å². The maximum atomic E-state index is 12.3. The van der Waals surface area contributed by atoms with Gasteiger partial charge in [-0.1, -0.05) is 11.6 Å². The third-order valence-corrected chi connectivity index (χ3v) is 2.58. The van der Waals surface area contributed by atoms with Gasteiger partial charge in [0.25, 0.3) is 0 Å². The molecule has 0 bridgehead atoms. The van der Waals surface area contributed by atoms with Crippen LogP contribution in [0.4, 0.5) is 18.9 Å². The van der Waals surface area contributed by atoms with Crippen LogP contribution in [0.25, 0.3) is 0 Å². The molecular formula is C10H5ClF3NO2. The average molecular weight is 264 g/mol. The van der Waals surface area contributed by atoms with Crippen LogP contribution in [0.15, 0.2) is 18.2 Å². The number of amides is 1. The fourth-order valence-electron chi connectivity index (χ4n) is 1.61. The van der Waals surface area contributed by atoms with Crippen molar-refractivity contribution < 1.29 is 22.8 Å². The fourth-order valence-corrected chi connectivity index (χ4v) is 1.78. The Hall–Kier alpha value is -1.56. The zero-order valence-corrected chi connectivity index (χ0v) is 8.97. The van der Waals surface area contributed by atoms with Crippen LogP contribution in [0.5, 0.6) is 0 Å². The Morgan fingerprint density at radius 1 is 1.35 bits per heavy atom. The third-order valence-electron chi connectivity index (χ3n) is 2.34. The van der Waals surface area contributed by atoms with Crippen molar-refractivity contribution in [3.63, 3.8) is 0 Å². The lowest BCUT2D eigenvalue weighted by atomic mass is 10.1. The number of nitrogens with zero attached hydrogens (tertiary/aromatic N) is 1. The second-order valence-corrected chi connectivity index (χ2v) is 3.91. The second-order valence-electron chi connectivity index (χ2n) is 3.47. The molecule has 0 N–H and O–H groups in total. The third kappa shape index (κ3) is 2.00. The minimum atomic E-state index is -5.01. The second kappa shape index (κ2) is 3.73. The molecule has 0 aliphatic carbocycles. The Morgan fingerprint density at radius 2 is 2.00 bits per heavy atom. The molecular weight excluding hydrogens is 259 g/mol. The first-order chi connectivity index (χ1) is 7.80. The summed E-state index contributed by atoms with van der Waals surface area (Å²) in [6.07, 6.45) is -5.01. The van der Waals surface area contributed by atoms with Gasteiger partial charge >= 0.3 is 12.1 Å². The number of hydrogen-bond acceptors (Lipinski definition) is 2. The zero-order valence-electron chi connectivity index (χ0n) is 8.21. The molecule has 1 aliphatic rings. The van der Waals surface area contributed by atoms with Gasteiger partial charge in [-0.25, -0.2) is 0 Å². The predicted molar refractivity (Wildman–Crippen MR) is 54.2 cm³/mol. The number of rotatable bonds is 0. The molecule has 0 saturated carbocycles. The molecule has 1 amide bonds. The molecule has 3 nitrogen and oxygen atoms in total. The molecule has 90 valence electrons. The highest BCUT2D eigenvalue weighted by atomic mass is 35.5.